The van der Waals surface area contributed by atoms with Crippen molar-refractivity contribution >= 4 is 11.6 Å². The molecule has 4 heteroatoms. The Morgan fingerprint density at radius 3 is 2.16 bits per heavy atom. The van der Waals surface area contributed by atoms with Crippen LogP contribution >= 0.6 is 11.6 Å². The van der Waals surface area contributed by atoms with Gasteiger partial charge in [0.2, 0.25) is 0 Å². The zero-order chi connectivity index (χ0) is 13.8. The van der Waals surface area contributed by atoms with Crippen molar-refractivity contribution in [2.75, 3.05) is 26.4 Å². The van der Waals surface area contributed by atoms with Crippen LogP contribution in [0.2, 0.25) is 5.02 Å². The first-order valence-electron chi connectivity index (χ1n) is 6.99. The lowest BCUT2D eigenvalue weighted by Crippen LogP contribution is -2.03. The van der Waals surface area contributed by atoms with Crippen LogP contribution in [-0.2, 0) is 4.74 Å². The second-order valence-corrected chi connectivity index (χ2v) is 4.91. The molecular weight excluding hydrogens is 262 g/mol. The molecule has 19 heavy (non-hydrogen) atoms. The lowest BCUT2D eigenvalue weighted by molar-refractivity contribution is 0.122. The standard InChI is InChI=1S/C15H24ClNO2/c16-14-6-8-15(9-7-14)19-13-5-4-12-18-11-3-1-2-10-17/h6-9H,1-5,10-13,17H2. The SMILES string of the molecule is NCCCCCOCCCCOc1ccc(Cl)cc1. The molecule has 0 saturated carbocycles. The average Bonchev–Trinajstić information content (AvgIpc) is 2.43. The number of benzene rings is 1. The summed E-state index contributed by atoms with van der Waals surface area (Å²) in [5.41, 5.74) is 5.42. The summed E-state index contributed by atoms with van der Waals surface area (Å²) in [6, 6.07) is 7.44. The predicted molar refractivity (Wildman–Crippen MR) is 79.9 cm³/mol. The molecule has 0 atom stereocenters. The number of unbranched alkanes of at least 4 members (excludes halogenated alkanes) is 3. The number of hydrogen-bond acceptors (Lipinski definition) is 3. The maximum atomic E-state index is 5.80. The monoisotopic (exact) mass is 285 g/mol. The van der Waals surface area contributed by atoms with Crippen LogP contribution in [0.3, 0.4) is 0 Å². The van der Waals surface area contributed by atoms with Gasteiger partial charge < -0.3 is 15.2 Å². The molecule has 0 heterocycles. The Balaban J connectivity index is 1.87. The fourth-order valence-corrected chi connectivity index (χ4v) is 1.78. The number of ether oxygens (including phenoxy) is 2. The molecule has 108 valence electrons. The molecule has 0 aromatic heterocycles. The Kier molecular flexibility index (Phi) is 9.51. The number of rotatable bonds is 11. The summed E-state index contributed by atoms with van der Waals surface area (Å²) < 4.78 is 11.1. The summed E-state index contributed by atoms with van der Waals surface area (Å²) in [6.07, 6.45) is 5.41. The predicted octanol–water partition coefficient (Wildman–Crippen LogP) is 3.64. The first-order chi connectivity index (χ1) is 9.33. The molecule has 0 aliphatic carbocycles. The maximum Gasteiger partial charge on any atom is 0.119 e. The highest BCUT2D eigenvalue weighted by molar-refractivity contribution is 6.30. The highest BCUT2D eigenvalue weighted by atomic mass is 35.5. The van der Waals surface area contributed by atoms with Crippen molar-refractivity contribution in [3.8, 4) is 5.75 Å². The fourth-order valence-electron chi connectivity index (χ4n) is 1.65. The molecule has 0 aliphatic heterocycles. The van der Waals surface area contributed by atoms with Crippen LogP contribution in [0.15, 0.2) is 24.3 Å². The molecule has 3 nitrogen and oxygen atoms in total. The molecule has 1 aromatic rings. The van der Waals surface area contributed by atoms with Gasteiger partial charge in [-0.25, -0.2) is 0 Å². The molecular formula is C15H24ClNO2. The molecule has 0 amide bonds. The van der Waals surface area contributed by atoms with Crippen LogP contribution in [0, 0.1) is 0 Å². The van der Waals surface area contributed by atoms with E-state index in [9.17, 15) is 0 Å². The van der Waals surface area contributed by atoms with Crippen LogP contribution in [0.1, 0.15) is 32.1 Å². The molecule has 0 radical (unpaired) electrons. The van der Waals surface area contributed by atoms with E-state index in [1.807, 2.05) is 24.3 Å². The van der Waals surface area contributed by atoms with E-state index < -0.39 is 0 Å². The Labute approximate surface area is 121 Å². The van der Waals surface area contributed by atoms with Gasteiger partial charge in [-0.3, -0.25) is 0 Å². The molecule has 1 aromatic carbocycles. The summed E-state index contributed by atoms with van der Waals surface area (Å²) in [5, 5.41) is 0.732. The van der Waals surface area contributed by atoms with Crippen LogP contribution in [0.4, 0.5) is 0 Å². The van der Waals surface area contributed by atoms with Crippen molar-refractivity contribution in [2.24, 2.45) is 5.73 Å². The summed E-state index contributed by atoms with van der Waals surface area (Å²) in [4.78, 5) is 0. The molecule has 1 rings (SSSR count). The zero-order valence-corrected chi connectivity index (χ0v) is 12.2. The first-order valence-corrected chi connectivity index (χ1v) is 7.37. The van der Waals surface area contributed by atoms with Crippen molar-refractivity contribution < 1.29 is 9.47 Å². The Hall–Kier alpha value is -0.770. The van der Waals surface area contributed by atoms with Crippen molar-refractivity contribution in [2.45, 2.75) is 32.1 Å². The third-order valence-corrected chi connectivity index (χ3v) is 3.01. The largest absolute Gasteiger partial charge is 0.494 e. The van der Waals surface area contributed by atoms with Crippen molar-refractivity contribution in [3.63, 3.8) is 0 Å². The van der Waals surface area contributed by atoms with Gasteiger partial charge in [0.05, 0.1) is 6.61 Å². The van der Waals surface area contributed by atoms with E-state index in [1.54, 1.807) is 0 Å². The van der Waals surface area contributed by atoms with E-state index in [1.165, 1.54) is 0 Å². The van der Waals surface area contributed by atoms with Gasteiger partial charge in [-0.15, -0.1) is 0 Å². The van der Waals surface area contributed by atoms with E-state index >= 15 is 0 Å². The topological polar surface area (TPSA) is 44.5 Å². The molecule has 0 aliphatic rings. The summed E-state index contributed by atoms with van der Waals surface area (Å²) >= 11 is 5.80. The minimum atomic E-state index is 0.720. The van der Waals surface area contributed by atoms with Gasteiger partial charge in [0.15, 0.2) is 0 Å². The first kappa shape index (κ1) is 16.3. The minimum absolute atomic E-state index is 0.720. The highest BCUT2D eigenvalue weighted by Gasteiger charge is 1.95. The lowest BCUT2D eigenvalue weighted by atomic mass is 10.2. The Bertz CT molecular complexity index is 316. The Morgan fingerprint density at radius 2 is 1.47 bits per heavy atom. The number of hydrogen-bond donors (Lipinski definition) is 1. The van der Waals surface area contributed by atoms with Crippen LogP contribution in [0.25, 0.3) is 0 Å². The van der Waals surface area contributed by atoms with Crippen LogP contribution in [0.5, 0.6) is 5.75 Å². The molecule has 0 unspecified atom stereocenters. The van der Waals surface area contributed by atoms with E-state index in [0.29, 0.717) is 0 Å². The van der Waals surface area contributed by atoms with Crippen molar-refractivity contribution in [1.82, 2.24) is 0 Å². The minimum Gasteiger partial charge on any atom is -0.494 e. The molecule has 0 bridgehead atoms. The van der Waals surface area contributed by atoms with Gasteiger partial charge >= 0.3 is 0 Å². The summed E-state index contributed by atoms with van der Waals surface area (Å²) in [5.74, 6) is 0.868. The molecule has 0 fully saturated rings. The molecule has 2 N–H and O–H groups in total. The van der Waals surface area contributed by atoms with Gasteiger partial charge in [0.25, 0.3) is 0 Å². The fraction of sp³-hybridized carbons (Fsp3) is 0.600. The third kappa shape index (κ3) is 8.87. The van der Waals surface area contributed by atoms with Gasteiger partial charge in [0.1, 0.15) is 5.75 Å². The normalized spacial score (nSPS) is 10.6. The Morgan fingerprint density at radius 1 is 0.842 bits per heavy atom. The molecule has 0 saturated heterocycles. The van der Waals surface area contributed by atoms with E-state index in [0.717, 1.165) is 69.2 Å². The number of nitrogens with two attached hydrogens (primary N) is 1. The van der Waals surface area contributed by atoms with E-state index in [4.69, 9.17) is 26.8 Å². The van der Waals surface area contributed by atoms with E-state index in [-0.39, 0.29) is 0 Å². The summed E-state index contributed by atoms with van der Waals surface area (Å²) in [6.45, 7) is 3.16. The van der Waals surface area contributed by atoms with Crippen LogP contribution < -0.4 is 10.5 Å². The maximum absolute atomic E-state index is 5.80. The lowest BCUT2D eigenvalue weighted by Gasteiger charge is -2.06. The van der Waals surface area contributed by atoms with Crippen molar-refractivity contribution in [1.29, 1.82) is 0 Å². The summed E-state index contributed by atoms with van der Waals surface area (Å²) in [7, 11) is 0. The quantitative estimate of drug-likeness (QED) is 0.631. The van der Waals surface area contributed by atoms with Crippen molar-refractivity contribution in [3.05, 3.63) is 29.3 Å². The smallest absolute Gasteiger partial charge is 0.119 e. The molecule has 0 spiro atoms. The second-order valence-electron chi connectivity index (χ2n) is 4.47. The number of halogens is 1. The van der Waals surface area contributed by atoms with E-state index in [2.05, 4.69) is 0 Å². The van der Waals surface area contributed by atoms with Gasteiger partial charge in [-0.1, -0.05) is 11.6 Å². The third-order valence-electron chi connectivity index (χ3n) is 2.76. The average molecular weight is 286 g/mol. The second kappa shape index (κ2) is 11.1. The highest BCUT2D eigenvalue weighted by Crippen LogP contribution is 2.15. The van der Waals surface area contributed by atoms with Crippen LogP contribution in [-0.4, -0.2) is 26.4 Å². The van der Waals surface area contributed by atoms with Gasteiger partial charge in [0, 0.05) is 18.2 Å². The zero-order valence-electron chi connectivity index (χ0n) is 11.4. The van der Waals surface area contributed by atoms with Gasteiger partial charge in [-0.2, -0.15) is 0 Å². The van der Waals surface area contributed by atoms with Gasteiger partial charge in [-0.05, 0) is 62.9 Å².